The molecule has 4 rings (SSSR count). The summed E-state index contributed by atoms with van der Waals surface area (Å²) < 4.78 is 7.52. The van der Waals surface area contributed by atoms with Crippen molar-refractivity contribution >= 4 is 34.4 Å². The maximum atomic E-state index is 13.4. The smallest absolute Gasteiger partial charge is 0.310 e. The van der Waals surface area contributed by atoms with Crippen LogP contribution in [0.5, 0.6) is 0 Å². The maximum Gasteiger partial charge on any atom is 0.310 e. The van der Waals surface area contributed by atoms with Gasteiger partial charge in [0.1, 0.15) is 5.69 Å². The van der Waals surface area contributed by atoms with Crippen molar-refractivity contribution in [3.63, 3.8) is 0 Å². The number of carbonyl (C=O) groups excluding carboxylic acids is 1. The third-order valence-electron chi connectivity index (χ3n) is 6.53. The zero-order valence-electron chi connectivity index (χ0n) is 18.4. The van der Waals surface area contributed by atoms with Crippen LogP contribution in [0.2, 0.25) is 5.02 Å². The van der Waals surface area contributed by atoms with E-state index < -0.39 is 17.4 Å². The molecule has 0 radical (unpaired) electrons. The van der Waals surface area contributed by atoms with Gasteiger partial charge in [0.2, 0.25) is 0 Å². The van der Waals surface area contributed by atoms with Crippen LogP contribution < -0.4 is 5.32 Å². The fraction of sp³-hybridized carbons (Fsp3) is 0.360. The fourth-order valence-electron chi connectivity index (χ4n) is 4.53. The number of rotatable bonds is 6. The molecule has 1 aliphatic rings. The Kier molecular flexibility index (Phi) is 6.01. The number of benzene rings is 2. The van der Waals surface area contributed by atoms with Crippen LogP contribution in [0.1, 0.15) is 52.9 Å². The van der Waals surface area contributed by atoms with Crippen LogP contribution in [0.15, 0.2) is 42.5 Å². The van der Waals surface area contributed by atoms with Gasteiger partial charge in [0.15, 0.2) is 0 Å². The summed E-state index contributed by atoms with van der Waals surface area (Å²) in [4.78, 5) is 24.9. The highest BCUT2D eigenvalue weighted by molar-refractivity contribution is 6.36. The molecule has 168 valence electrons. The van der Waals surface area contributed by atoms with Crippen LogP contribution in [0, 0.1) is 6.92 Å². The number of amides is 1. The Bertz CT molecular complexity index is 1180. The second-order valence-corrected chi connectivity index (χ2v) is 8.86. The molecule has 1 fully saturated rings. The van der Waals surface area contributed by atoms with Crippen molar-refractivity contribution in [3.05, 3.63) is 69.9 Å². The second kappa shape index (κ2) is 8.60. The monoisotopic (exact) mass is 454 g/mol. The van der Waals surface area contributed by atoms with E-state index in [9.17, 15) is 14.7 Å². The largest absolute Gasteiger partial charge is 0.481 e. The van der Waals surface area contributed by atoms with Gasteiger partial charge in [-0.05, 0) is 42.2 Å². The van der Waals surface area contributed by atoms with Crippen molar-refractivity contribution in [2.24, 2.45) is 7.05 Å². The molecular weight excluding hydrogens is 428 g/mol. The quantitative estimate of drug-likeness (QED) is 0.562. The number of carboxylic acid groups (broad SMARTS) is 1. The molecule has 0 saturated carbocycles. The number of carboxylic acids is 1. The number of nitrogens with one attached hydrogen (secondary N) is 1. The zero-order chi connectivity index (χ0) is 23.0. The summed E-state index contributed by atoms with van der Waals surface area (Å²) in [6.07, 6.45) is 1.15. The van der Waals surface area contributed by atoms with E-state index in [2.05, 4.69) is 5.32 Å². The molecule has 0 bridgehead atoms. The van der Waals surface area contributed by atoms with E-state index in [1.54, 1.807) is 0 Å². The van der Waals surface area contributed by atoms with Gasteiger partial charge in [-0.3, -0.25) is 9.59 Å². The summed E-state index contributed by atoms with van der Waals surface area (Å²) >= 11 is 6.48. The Morgan fingerprint density at radius 2 is 1.97 bits per heavy atom. The third kappa shape index (κ3) is 3.78. The van der Waals surface area contributed by atoms with E-state index >= 15 is 0 Å². The number of halogens is 1. The van der Waals surface area contributed by atoms with Gasteiger partial charge in [-0.2, -0.15) is 0 Å². The van der Waals surface area contributed by atoms with Crippen molar-refractivity contribution in [2.75, 3.05) is 13.2 Å². The van der Waals surface area contributed by atoms with Crippen LogP contribution in [0.25, 0.3) is 10.9 Å². The Morgan fingerprint density at radius 3 is 2.56 bits per heavy atom. The minimum absolute atomic E-state index is 0.205. The number of aromatic nitrogens is 1. The van der Waals surface area contributed by atoms with Crippen LogP contribution in [-0.2, 0) is 22.1 Å². The molecule has 6 nitrogen and oxygen atoms in total. The Labute approximate surface area is 192 Å². The van der Waals surface area contributed by atoms with Gasteiger partial charge in [-0.1, -0.05) is 48.9 Å². The molecule has 1 amide bonds. The van der Waals surface area contributed by atoms with Gasteiger partial charge in [-0.15, -0.1) is 0 Å². The number of aryl methyl sites for hydroxylation is 2. The lowest BCUT2D eigenvalue weighted by atomic mass is 9.86. The van der Waals surface area contributed by atoms with Crippen LogP contribution >= 0.6 is 11.6 Å². The highest BCUT2D eigenvalue weighted by atomic mass is 35.5. The van der Waals surface area contributed by atoms with Gasteiger partial charge in [-0.25, -0.2) is 0 Å². The Morgan fingerprint density at radius 1 is 1.25 bits per heavy atom. The highest BCUT2D eigenvalue weighted by Crippen LogP contribution is 2.34. The normalized spacial score (nSPS) is 19.2. The molecule has 2 heterocycles. The van der Waals surface area contributed by atoms with E-state index in [1.165, 1.54) is 0 Å². The molecular formula is C25H27ClN2O4. The fourth-order valence-corrected chi connectivity index (χ4v) is 4.75. The molecule has 2 aromatic carbocycles. The number of nitrogens with zero attached hydrogens (tertiary/aromatic N) is 1. The first kappa shape index (κ1) is 22.4. The lowest BCUT2D eigenvalue weighted by Gasteiger charge is -2.30. The lowest BCUT2D eigenvalue weighted by Crippen LogP contribution is -2.47. The molecule has 0 spiro atoms. The summed E-state index contributed by atoms with van der Waals surface area (Å²) in [5, 5.41) is 14.1. The molecule has 32 heavy (non-hydrogen) atoms. The van der Waals surface area contributed by atoms with E-state index in [1.807, 2.05) is 67.9 Å². The maximum absolute atomic E-state index is 13.4. The Balaban J connectivity index is 1.66. The number of aliphatic carboxylic acids is 1. The first-order chi connectivity index (χ1) is 15.3. The van der Waals surface area contributed by atoms with Crippen molar-refractivity contribution in [2.45, 2.75) is 38.1 Å². The average molecular weight is 455 g/mol. The molecule has 7 heteroatoms. The number of fused-ring (bicyclic) bond motifs is 1. The van der Waals surface area contributed by atoms with Crippen molar-refractivity contribution in [3.8, 4) is 0 Å². The zero-order valence-corrected chi connectivity index (χ0v) is 19.2. The highest BCUT2D eigenvalue weighted by Gasteiger charge is 2.39. The van der Waals surface area contributed by atoms with Crippen molar-refractivity contribution in [1.82, 2.24) is 9.88 Å². The summed E-state index contributed by atoms with van der Waals surface area (Å²) in [6, 6.07) is 13.2. The predicted molar refractivity (Wildman–Crippen MR) is 124 cm³/mol. The van der Waals surface area contributed by atoms with E-state index in [0.29, 0.717) is 36.8 Å². The summed E-state index contributed by atoms with van der Waals surface area (Å²) in [5.41, 5.74) is 3.36. The first-order valence-corrected chi connectivity index (χ1v) is 11.1. The third-order valence-corrected chi connectivity index (χ3v) is 7.03. The van der Waals surface area contributed by atoms with Gasteiger partial charge >= 0.3 is 5.97 Å². The van der Waals surface area contributed by atoms with Gasteiger partial charge < -0.3 is 19.7 Å². The molecule has 2 atom stereocenters. The molecule has 1 saturated heterocycles. The second-order valence-electron chi connectivity index (χ2n) is 8.48. The summed E-state index contributed by atoms with van der Waals surface area (Å²) in [7, 11) is 1.85. The number of hydrogen-bond acceptors (Lipinski definition) is 3. The number of ether oxygens (including phenoxy) is 1. The van der Waals surface area contributed by atoms with Crippen LogP contribution in [-0.4, -0.2) is 34.8 Å². The van der Waals surface area contributed by atoms with Crippen molar-refractivity contribution in [1.29, 1.82) is 0 Å². The number of hydrogen-bond donors (Lipinski definition) is 2. The molecule has 2 unspecified atom stereocenters. The molecule has 2 N–H and O–H groups in total. The predicted octanol–water partition coefficient (Wildman–Crippen LogP) is 4.76. The van der Waals surface area contributed by atoms with E-state index in [0.717, 1.165) is 27.6 Å². The topological polar surface area (TPSA) is 80.6 Å². The lowest BCUT2D eigenvalue weighted by molar-refractivity contribution is -0.138. The van der Waals surface area contributed by atoms with Gasteiger partial charge in [0, 0.05) is 31.0 Å². The Hall–Kier alpha value is -2.83. The number of carbonyl (C=O) groups is 2. The molecule has 0 aliphatic carbocycles. The SMILES string of the molecule is CCC(C(=O)O)c1ccc(C2(NC(=O)c3cc4c(Cl)c(C)ccc4n3C)CCOC2)cc1. The minimum Gasteiger partial charge on any atom is -0.481 e. The van der Waals surface area contributed by atoms with E-state index in [4.69, 9.17) is 16.3 Å². The standard InChI is InChI=1S/C25H27ClN2O4/c1-4-18(24(30)31)16-6-8-17(9-7-16)25(11-12-32-14-25)27-23(29)21-13-19-20(28(21)3)10-5-15(2)22(19)26/h5-10,13,18H,4,11-12,14H2,1-3H3,(H,27,29)(H,30,31). The average Bonchev–Trinajstić information content (AvgIpc) is 3.37. The van der Waals surface area contributed by atoms with E-state index in [-0.39, 0.29) is 5.91 Å². The first-order valence-electron chi connectivity index (χ1n) is 10.8. The van der Waals surface area contributed by atoms with Gasteiger partial charge in [0.25, 0.3) is 5.91 Å². The summed E-state index contributed by atoms with van der Waals surface area (Å²) in [5.74, 6) is -1.58. The van der Waals surface area contributed by atoms with Crippen LogP contribution in [0.3, 0.4) is 0 Å². The van der Waals surface area contributed by atoms with Crippen molar-refractivity contribution < 1.29 is 19.4 Å². The summed E-state index contributed by atoms with van der Waals surface area (Å²) in [6.45, 7) is 4.69. The molecule has 3 aromatic rings. The molecule has 1 aliphatic heterocycles. The van der Waals surface area contributed by atoms with Gasteiger partial charge in [0.05, 0.1) is 23.1 Å². The molecule has 1 aromatic heterocycles. The minimum atomic E-state index is -0.836. The van der Waals surface area contributed by atoms with Crippen LogP contribution in [0.4, 0.5) is 0 Å².